The highest BCUT2D eigenvalue weighted by Crippen LogP contribution is 2.30. The van der Waals surface area contributed by atoms with Gasteiger partial charge >= 0.3 is 5.97 Å². The number of anilines is 1. The van der Waals surface area contributed by atoms with Crippen molar-refractivity contribution in [1.29, 1.82) is 0 Å². The summed E-state index contributed by atoms with van der Waals surface area (Å²) in [6.45, 7) is 5.22. The third-order valence-electron chi connectivity index (χ3n) is 4.75. The molecule has 8 heteroatoms. The topological polar surface area (TPSA) is 107 Å². The molecule has 0 saturated carbocycles. The normalized spacial score (nSPS) is 10.8. The molecule has 0 saturated heterocycles. The summed E-state index contributed by atoms with van der Waals surface area (Å²) in [5.74, 6) is -0.302. The van der Waals surface area contributed by atoms with Crippen molar-refractivity contribution in [3.63, 3.8) is 0 Å². The Labute approximate surface area is 167 Å². The Kier molecular flexibility index (Phi) is 6.01. The van der Waals surface area contributed by atoms with Gasteiger partial charge in [-0.1, -0.05) is 0 Å². The molecule has 2 aromatic carbocycles. The lowest BCUT2D eigenvalue weighted by Crippen LogP contribution is -2.10. The number of phenols is 1. The number of nitrogens with zero attached hydrogens (tertiary/aromatic N) is 2. The number of nitro benzene ring substituents is 1. The number of benzene rings is 2. The average Bonchev–Trinajstić information content (AvgIpc) is 2.96. The predicted molar refractivity (Wildman–Crippen MR) is 110 cm³/mol. The van der Waals surface area contributed by atoms with Gasteiger partial charge in [0.25, 0.3) is 5.69 Å². The van der Waals surface area contributed by atoms with Crippen molar-refractivity contribution in [3.05, 3.63) is 63.8 Å². The van der Waals surface area contributed by atoms with Crippen LogP contribution in [0.25, 0.3) is 10.9 Å². The van der Waals surface area contributed by atoms with Gasteiger partial charge in [0.15, 0.2) is 0 Å². The summed E-state index contributed by atoms with van der Waals surface area (Å²) in [6.07, 6.45) is 0.769. The molecule has 1 aromatic heterocycles. The molecule has 0 fully saturated rings. The SMILES string of the molecule is CCOC(=O)c1c(C)n(CCCNc2ccc([N+](=O)[O-])cc2)c2ccc(O)cc12. The van der Waals surface area contributed by atoms with Crippen molar-refractivity contribution in [2.75, 3.05) is 18.5 Å². The van der Waals surface area contributed by atoms with Crippen LogP contribution in [0.1, 0.15) is 29.4 Å². The highest BCUT2D eigenvalue weighted by atomic mass is 16.6. The summed E-state index contributed by atoms with van der Waals surface area (Å²) in [4.78, 5) is 22.7. The Morgan fingerprint density at radius 3 is 2.62 bits per heavy atom. The van der Waals surface area contributed by atoms with E-state index in [1.165, 1.54) is 12.1 Å². The first-order chi connectivity index (χ1) is 13.9. The van der Waals surface area contributed by atoms with E-state index in [1.54, 1.807) is 37.3 Å². The van der Waals surface area contributed by atoms with Gasteiger partial charge in [0, 0.05) is 47.5 Å². The molecule has 1 heterocycles. The van der Waals surface area contributed by atoms with Crippen molar-refractivity contribution in [2.45, 2.75) is 26.8 Å². The van der Waals surface area contributed by atoms with Gasteiger partial charge in [0.05, 0.1) is 17.1 Å². The summed E-state index contributed by atoms with van der Waals surface area (Å²) in [5.41, 5.74) is 2.99. The average molecular weight is 397 g/mol. The zero-order valence-electron chi connectivity index (χ0n) is 16.3. The number of non-ortho nitro benzene ring substituents is 1. The van der Waals surface area contributed by atoms with Crippen LogP contribution in [0.5, 0.6) is 5.75 Å². The van der Waals surface area contributed by atoms with Crippen LogP contribution in [0, 0.1) is 17.0 Å². The Morgan fingerprint density at radius 2 is 1.97 bits per heavy atom. The second kappa shape index (κ2) is 8.64. The number of phenolic OH excluding ortho intramolecular Hbond substituents is 1. The van der Waals surface area contributed by atoms with E-state index in [0.717, 1.165) is 23.3 Å². The molecule has 8 nitrogen and oxygen atoms in total. The molecule has 0 amide bonds. The molecule has 29 heavy (non-hydrogen) atoms. The molecule has 0 aliphatic heterocycles. The summed E-state index contributed by atoms with van der Waals surface area (Å²) in [5, 5.41) is 24.5. The van der Waals surface area contributed by atoms with Crippen LogP contribution in [0.2, 0.25) is 0 Å². The minimum atomic E-state index is -0.428. The number of esters is 1. The van der Waals surface area contributed by atoms with Gasteiger partial charge in [0.1, 0.15) is 5.75 Å². The van der Waals surface area contributed by atoms with Crippen molar-refractivity contribution in [1.82, 2.24) is 4.57 Å². The molecule has 3 aromatic rings. The number of fused-ring (bicyclic) bond motifs is 1. The molecular weight excluding hydrogens is 374 g/mol. The Hall–Kier alpha value is -3.55. The van der Waals surface area contributed by atoms with Gasteiger partial charge in [-0.15, -0.1) is 0 Å². The number of hydrogen-bond acceptors (Lipinski definition) is 6. The van der Waals surface area contributed by atoms with Crippen LogP contribution in [-0.4, -0.2) is 33.7 Å². The lowest BCUT2D eigenvalue weighted by molar-refractivity contribution is -0.384. The fraction of sp³-hybridized carbons (Fsp3) is 0.286. The van der Waals surface area contributed by atoms with Crippen molar-refractivity contribution in [2.24, 2.45) is 0 Å². The van der Waals surface area contributed by atoms with Gasteiger partial charge in [-0.2, -0.15) is 0 Å². The van der Waals surface area contributed by atoms with E-state index in [1.807, 2.05) is 11.5 Å². The molecule has 0 radical (unpaired) electrons. The highest BCUT2D eigenvalue weighted by molar-refractivity contribution is 6.06. The Bertz CT molecular complexity index is 1040. The first-order valence-electron chi connectivity index (χ1n) is 9.39. The molecule has 0 aliphatic carbocycles. The fourth-order valence-electron chi connectivity index (χ4n) is 3.39. The standard InChI is InChI=1S/C21H23N3O5/c1-3-29-21(26)20-14(2)23(19-10-9-17(25)13-18(19)20)12-4-11-22-15-5-7-16(8-6-15)24(27)28/h5-10,13,22,25H,3-4,11-12H2,1-2H3. The predicted octanol–water partition coefficient (Wildman–Crippen LogP) is 4.24. The second-order valence-corrected chi connectivity index (χ2v) is 6.62. The molecule has 0 unspecified atom stereocenters. The second-order valence-electron chi connectivity index (χ2n) is 6.62. The van der Waals surface area contributed by atoms with E-state index < -0.39 is 10.9 Å². The smallest absolute Gasteiger partial charge is 0.340 e. The number of aryl methyl sites for hydroxylation is 1. The molecule has 0 spiro atoms. The minimum absolute atomic E-state index is 0.0553. The van der Waals surface area contributed by atoms with Gasteiger partial charge < -0.3 is 19.7 Å². The summed E-state index contributed by atoms with van der Waals surface area (Å²) in [7, 11) is 0. The van der Waals surface area contributed by atoms with Gasteiger partial charge in [-0.25, -0.2) is 4.79 Å². The highest BCUT2D eigenvalue weighted by Gasteiger charge is 2.21. The van der Waals surface area contributed by atoms with Crippen LogP contribution in [-0.2, 0) is 11.3 Å². The number of hydrogen-bond donors (Lipinski definition) is 2. The van der Waals surface area contributed by atoms with E-state index in [4.69, 9.17) is 4.74 Å². The first-order valence-corrected chi connectivity index (χ1v) is 9.39. The first kappa shape index (κ1) is 20.2. The lowest BCUT2D eigenvalue weighted by Gasteiger charge is -2.10. The minimum Gasteiger partial charge on any atom is -0.508 e. The number of ether oxygens (including phenoxy) is 1. The summed E-state index contributed by atoms with van der Waals surface area (Å²) in [6, 6.07) is 11.3. The number of aromatic hydroxyl groups is 1. The maximum Gasteiger partial charge on any atom is 0.340 e. The molecule has 0 aliphatic rings. The molecule has 0 atom stereocenters. The quantitative estimate of drug-likeness (QED) is 0.255. The van der Waals surface area contributed by atoms with Crippen LogP contribution in [0.4, 0.5) is 11.4 Å². The molecule has 2 N–H and O–H groups in total. The third-order valence-corrected chi connectivity index (χ3v) is 4.75. The summed E-state index contributed by atoms with van der Waals surface area (Å²) < 4.78 is 7.23. The van der Waals surface area contributed by atoms with E-state index >= 15 is 0 Å². The Morgan fingerprint density at radius 1 is 1.24 bits per heavy atom. The van der Waals surface area contributed by atoms with Crippen molar-refractivity contribution >= 4 is 28.2 Å². The molecular formula is C21H23N3O5. The van der Waals surface area contributed by atoms with E-state index in [-0.39, 0.29) is 18.0 Å². The van der Waals surface area contributed by atoms with Crippen LogP contribution in [0.3, 0.4) is 0 Å². The van der Waals surface area contributed by atoms with Crippen molar-refractivity contribution < 1.29 is 19.6 Å². The number of nitro groups is 1. The zero-order valence-corrected chi connectivity index (χ0v) is 16.3. The van der Waals surface area contributed by atoms with Gasteiger partial charge in [-0.05, 0) is 50.6 Å². The number of rotatable bonds is 8. The van der Waals surface area contributed by atoms with Crippen LogP contribution < -0.4 is 5.32 Å². The molecule has 3 rings (SSSR count). The largest absolute Gasteiger partial charge is 0.508 e. The fourth-order valence-corrected chi connectivity index (χ4v) is 3.39. The molecule has 152 valence electrons. The number of carbonyl (C=O) groups is 1. The van der Waals surface area contributed by atoms with Gasteiger partial charge in [0.2, 0.25) is 0 Å². The van der Waals surface area contributed by atoms with Crippen molar-refractivity contribution in [3.8, 4) is 5.75 Å². The Balaban J connectivity index is 1.73. The third kappa shape index (κ3) is 4.31. The maximum absolute atomic E-state index is 12.4. The number of aromatic nitrogens is 1. The zero-order chi connectivity index (χ0) is 21.0. The van der Waals surface area contributed by atoms with E-state index in [0.29, 0.717) is 24.0 Å². The number of carbonyl (C=O) groups excluding carboxylic acids is 1. The summed E-state index contributed by atoms with van der Waals surface area (Å²) >= 11 is 0. The monoisotopic (exact) mass is 397 g/mol. The lowest BCUT2D eigenvalue weighted by atomic mass is 10.1. The maximum atomic E-state index is 12.4. The van der Waals surface area contributed by atoms with E-state index in [9.17, 15) is 20.0 Å². The van der Waals surface area contributed by atoms with Crippen LogP contribution >= 0.6 is 0 Å². The molecule has 0 bridgehead atoms. The number of nitrogens with one attached hydrogen (secondary N) is 1. The van der Waals surface area contributed by atoms with Gasteiger partial charge in [-0.3, -0.25) is 10.1 Å². The van der Waals surface area contributed by atoms with E-state index in [2.05, 4.69) is 5.32 Å². The van der Waals surface area contributed by atoms with Crippen LogP contribution in [0.15, 0.2) is 42.5 Å².